The lowest BCUT2D eigenvalue weighted by Crippen LogP contribution is -1.78. The van der Waals surface area contributed by atoms with Crippen LogP contribution in [-0.4, -0.2) is 9.97 Å². The highest BCUT2D eigenvalue weighted by Crippen LogP contribution is 2.29. The highest BCUT2D eigenvalue weighted by atomic mass is 35.5. The Morgan fingerprint density at radius 3 is 2.82 bits per heavy atom. The molecular weight excluding hydrogens is 239 g/mol. The largest absolute Gasteiger partial charge is 0.353 e. The Morgan fingerprint density at radius 2 is 2.12 bits per heavy atom. The first-order valence-corrected chi connectivity index (χ1v) is 5.50. The van der Waals surface area contributed by atoms with Gasteiger partial charge in [-0.25, -0.2) is 4.39 Å². The lowest BCUT2D eigenvalue weighted by molar-refractivity contribution is 0.640. The second-order valence-electron chi connectivity index (χ2n) is 3.74. The first kappa shape index (κ1) is 10.3. The summed E-state index contributed by atoms with van der Waals surface area (Å²) in [6.07, 6.45) is 3.41. The number of H-pyrrole nitrogens is 1. The van der Waals surface area contributed by atoms with E-state index in [0.29, 0.717) is 15.9 Å². The molecule has 0 unspecified atom stereocenters. The second-order valence-corrected chi connectivity index (χ2v) is 4.15. The number of nitrogens with one attached hydrogen (secondary N) is 1. The van der Waals surface area contributed by atoms with Gasteiger partial charge in [0.25, 0.3) is 0 Å². The summed E-state index contributed by atoms with van der Waals surface area (Å²) in [7, 11) is 0. The van der Waals surface area contributed by atoms with Gasteiger partial charge >= 0.3 is 0 Å². The quantitative estimate of drug-likeness (QED) is 0.690. The Morgan fingerprint density at radius 1 is 1.24 bits per heavy atom. The minimum absolute atomic E-state index is 0.282. The van der Waals surface area contributed by atoms with Crippen LogP contribution in [0.2, 0.25) is 5.02 Å². The number of rotatable bonds is 1. The monoisotopic (exact) mass is 246 g/mol. The summed E-state index contributed by atoms with van der Waals surface area (Å²) < 4.78 is 13.6. The highest BCUT2D eigenvalue weighted by molar-refractivity contribution is 6.35. The fourth-order valence-electron chi connectivity index (χ4n) is 1.83. The van der Waals surface area contributed by atoms with Crippen LogP contribution < -0.4 is 0 Å². The maximum absolute atomic E-state index is 13.6. The molecule has 1 aromatic carbocycles. The van der Waals surface area contributed by atoms with Crippen molar-refractivity contribution in [3.8, 4) is 11.3 Å². The van der Waals surface area contributed by atoms with Crippen molar-refractivity contribution >= 4 is 22.5 Å². The van der Waals surface area contributed by atoms with Crippen LogP contribution >= 0.6 is 11.6 Å². The number of nitrogens with zero attached hydrogens (tertiary/aromatic N) is 1. The van der Waals surface area contributed by atoms with E-state index in [4.69, 9.17) is 11.6 Å². The number of hydrogen-bond acceptors (Lipinski definition) is 1. The van der Waals surface area contributed by atoms with Crippen LogP contribution in [0.25, 0.3) is 22.2 Å². The summed E-state index contributed by atoms with van der Waals surface area (Å²) >= 11 is 6.02. The third kappa shape index (κ3) is 1.68. The third-order valence-electron chi connectivity index (χ3n) is 2.66. The average Bonchev–Trinajstić information content (AvgIpc) is 2.81. The molecule has 0 radical (unpaired) electrons. The molecule has 0 saturated carbocycles. The molecule has 0 aliphatic heterocycles. The molecule has 0 aliphatic rings. The Labute approximate surface area is 102 Å². The summed E-state index contributed by atoms with van der Waals surface area (Å²) in [4.78, 5) is 7.14. The maximum Gasteiger partial charge on any atom is 0.132 e. The fraction of sp³-hybridized carbons (Fsp3) is 0. The van der Waals surface area contributed by atoms with Gasteiger partial charge in [-0.1, -0.05) is 11.6 Å². The normalized spacial score (nSPS) is 10.9. The summed E-state index contributed by atoms with van der Waals surface area (Å²) in [5.41, 5.74) is 2.32. The van der Waals surface area contributed by atoms with Gasteiger partial charge in [0.15, 0.2) is 0 Å². The smallest absolute Gasteiger partial charge is 0.132 e. The van der Waals surface area contributed by atoms with Gasteiger partial charge in [-0.3, -0.25) is 4.98 Å². The molecule has 2 aromatic heterocycles. The third-order valence-corrected chi connectivity index (χ3v) is 2.98. The molecule has 2 nitrogen and oxygen atoms in total. The Kier molecular flexibility index (Phi) is 2.34. The van der Waals surface area contributed by atoms with Crippen LogP contribution in [0.3, 0.4) is 0 Å². The predicted molar refractivity (Wildman–Crippen MR) is 66.5 cm³/mol. The second kappa shape index (κ2) is 3.86. The highest BCUT2D eigenvalue weighted by Gasteiger charge is 2.09. The SMILES string of the molecule is Fc1ccc(Cl)c2[nH]c(-c3cccnc3)cc12. The molecule has 3 aromatic rings. The van der Waals surface area contributed by atoms with Crippen LogP contribution in [-0.2, 0) is 0 Å². The molecule has 3 rings (SSSR count). The first-order valence-electron chi connectivity index (χ1n) is 5.13. The van der Waals surface area contributed by atoms with Crippen LogP contribution in [0.15, 0.2) is 42.7 Å². The minimum atomic E-state index is -0.282. The van der Waals surface area contributed by atoms with Crippen molar-refractivity contribution < 1.29 is 4.39 Å². The molecule has 0 fully saturated rings. The molecule has 17 heavy (non-hydrogen) atoms. The van der Waals surface area contributed by atoms with Gasteiger partial charge in [0.1, 0.15) is 5.82 Å². The fourth-order valence-corrected chi connectivity index (χ4v) is 2.04. The Balaban J connectivity index is 2.27. The van der Waals surface area contributed by atoms with Crippen molar-refractivity contribution in [2.75, 3.05) is 0 Å². The van der Waals surface area contributed by atoms with Crippen molar-refractivity contribution in [3.05, 3.63) is 53.6 Å². The molecule has 0 amide bonds. The zero-order valence-electron chi connectivity index (χ0n) is 8.74. The standard InChI is InChI=1S/C13H8ClFN2/c14-10-3-4-11(15)9-6-12(17-13(9)10)8-2-1-5-16-7-8/h1-7,17H. The molecule has 4 heteroatoms. The number of hydrogen-bond donors (Lipinski definition) is 1. The van der Waals surface area contributed by atoms with Crippen LogP contribution in [0.4, 0.5) is 4.39 Å². The van der Waals surface area contributed by atoms with Gasteiger partial charge in [0.2, 0.25) is 0 Å². The van der Waals surface area contributed by atoms with Crippen LogP contribution in [0, 0.1) is 5.82 Å². The lowest BCUT2D eigenvalue weighted by atomic mass is 10.2. The van der Waals surface area contributed by atoms with Crippen LogP contribution in [0.5, 0.6) is 0 Å². The topological polar surface area (TPSA) is 28.7 Å². The summed E-state index contributed by atoms with van der Waals surface area (Å²) in [5, 5.41) is 1.01. The summed E-state index contributed by atoms with van der Waals surface area (Å²) in [6.45, 7) is 0. The van der Waals surface area contributed by atoms with E-state index in [0.717, 1.165) is 11.3 Å². The predicted octanol–water partition coefficient (Wildman–Crippen LogP) is 4.02. The van der Waals surface area contributed by atoms with Crippen molar-refractivity contribution in [2.45, 2.75) is 0 Å². The molecule has 84 valence electrons. The molecule has 0 spiro atoms. The number of halogens is 2. The van der Waals surface area contributed by atoms with E-state index in [1.54, 1.807) is 24.5 Å². The Hall–Kier alpha value is -1.87. The summed E-state index contributed by atoms with van der Waals surface area (Å²) in [6, 6.07) is 8.39. The zero-order valence-corrected chi connectivity index (χ0v) is 9.50. The van der Waals surface area contributed by atoms with E-state index in [1.165, 1.54) is 6.07 Å². The number of benzene rings is 1. The van der Waals surface area contributed by atoms with Gasteiger partial charge in [-0.2, -0.15) is 0 Å². The van der Waals surface area contributed by atoms with Gasteiger partial charge in [0, 0.05) is 29.0 Å². The van der Waals surface area contributed by atoms with Gasteiger partial charge in [-0.05, 0) is 30.3 Å². The number of fused-ring (bicyclic) bond motifs is 1. The van der Waals surface area contributed by atoms with Crippen LogP contribution in [0.1, 0.15) is 0 Å². The minimum Gasteiger partial charge on any atom is -0.353 e. The van der Waals surface area contributed by atoms with Crippen molar-refractivity contribution in [1.29, 1.82) is 0 Å². The van der Waals surface area contributed by atoms with Gasteiger partial charge in [-0.15, -0.1) is 0 Å². The van der Waals surface area contributed by atoms with E-state index in [2.05, 4.69) is 9.97 Å². The molecular formula is C13H8ClFN2. The van der Waals surface area contributed by atoms with E-state index in [-0.39, 0.29) is 5.82 Å². The first-order chi connectivity index (χ1) is 8.25. The number of pyridine rings is 1. The Bertz CT molecular complexity index is 637. The molecule has 0 aliphatic carbocycles. The molecule has 0 atom stereocenters. The van der Waals surface area contributed by atoms with E-state index in [1.807, 2.05) is 12.1 Å². The van der Waals surface area contributed by atoms with Crippen molar-refractivity contribution in [3.63, 3.8) is 0 Å². The number of aromatic amines is 1. The molecule has 1 N–H and O–H groups in total. The van der Waals surface area contributed by atoms with Crippen molar-refractivity contribution in [2.24, 2.45) is 0 Å². The van der Waals surface area contributed by atoms with E-state index in [9.17, 15) is 4.39 Å². The number of aromatic nitrogens is 2. The average molecular weight is 247 g/mol. The lowest BCUT2D eigenvalue weighted by Gasteiger charge is -1.95. The molecule has 0 saturated heterocycles. The van der Waals surface area contributed by atoms with E-state index >= 15 is 0 Å². The molecule has 0 bridgehead atoms. The van der Waals surface area contributed by atoms with E-state index < -0.39 is 0 Å². The zero-order chi connectivity index (χ0) is 11.8. The molecule has 2 heterocycles. The van der Waals surface area contributed by atoms with Crippen molar-refractivity contribution in [1.82, 2.24) is 9.97 Å². The summed E-state index contributed by atoms with van der Waals surface area (Å²) in [5.74, 6) is -0.282. The van der Waals surface area contributed by atoms with Gasteiger partial charge in [0.05, 0.1) is 10.5 Å². The van der Waals surface area contributed by atoms with Gasteiger partial charge < -0.3 is 4.98 Å². The maximum atomic E-state index is 13.6.